The van der Waals surface area contributed by atoms with Crippen molar-refractivity contribution in [1.29, 1.82) is 0 Å². The summed E-state index contributed by atoms with van der Waals surface area (Å²) in [7, 11) is 0. The predicted molar refractivity (Wildman–Crippen MR) is 213 cm³/mol. The fourth-order valence-corrected chi connectivity index (χ4v) is 10.6. The molecular formula is C43H72O18. The van der Waals surface area contributed by atoms with Gasteiger partial charge in [0.1, 0.15) is 73.2 Å². The molecular weight excluding hydrogens is 804 g/mol. The summed E-state index contributed by atoms with van der Waals surface area (Å²) in [5.41, 5.74) is -0.726. The molecule has 61 heavy (non-hydrogen) atoms. The van der Waals surface area contributed by atoms with Gasteiger partial charge in [-0.1, -0.05) is 38.5 Å². The molecule has 0 spiro atoms. The van der Waals surface area contributed by atoms with Gasteiger partial charge in [-0.25, -0.2) is 0 Å². The van der Waals surface area contributed by atoms with Gasteiger partial charge in [-0.15, -0.1) is 6.58 Å². The Balaban J connectivity index is 1.26. The fraction of sp³-hybridized carbons (Fsp3) is 0.907. The highest BCUT2D eigenvalue weighted by atomic mass is 16.8. The van der Waals surface area contributed by atoms with E-state index in [9.17, 15) is 51.1 Å². The Morgan fingerprint density at radius 1 is 0.705 bits per heavy atom. The van der Waals surface area contributed by atoms with Gasteiger partial charge in [0.2, 0.25) is 0 Å². The van der Waals surface area contributed by atoms with Gasteiger partial charge in [-0.05, 0) is 84.0 Å². The van der Waals surface area contributed by atoms with E-state index in [1.807, 2.05) is 6.92 Å². The number of fused-ring (bicyclic) bond motifs is 1. The lowest BCUT2D eigenvalue weighted by Gasteiger charge is -2.62. The van der Waals surface area contributed by atoms with Crippen LogP contribution in [0.1, 0.15) is 87.5 Å². The average molecular weight is 877 g/mol. The maximum atomic E-state index is 12.1. The highest BCUT2D eigenvalue weighted by Crippen LogP contribution is 2.63. The van der Waals surface area contributed by atoms with Crippen LogP contribution in [0.25, 0.3) is 0 Å². The first-order valence-corrected chi connectivity index (χ1v) is 21.8. The number of hydrogen-bond acceptors (Lipinski definition) is 18. The van der Waals surface area contributed by atoms with Crippen LogP contribution in [0.15, 0.2) is 24.3 Å². The van der Waals surface area contributed by atoms with Crippen molar-refractivity contribution in [1.82, 2.24) is 0 Å². The molecule has 6 rings (SSSR count). The largest absolute Gasteiger partial charge is 0.388 e. The topological polar surface area (TPSA) is 276 Å². The van der Waals surface area contributed by atoms with E-state index in [4.69, 9.17) is 37.9 Å². The van der Waals surface area contributed by atoms with Crippen molar-refractivity contribution in [2.45, 2.75) is 216 Å². The normalized spacial score (nSPS) is 53.0. The number of aliphatic hydroxyl groups excluding tert-OH is 10. The van der Waals surface area contributed by atoms with Crippen LogP contribution in [0, 0.1) is 22.7 Å². The van der Waals surface area contributed by atoms with E-state index in [1.165, 1.54) is 13.8 Å². The molecule has 0 bridgehead atoms. The van der Waals surface area contributed by atoms with Gasteiger partial charge < -0.3 is 89.0 Å². The first-order valence-electron chi connectivity index (χ1n) is 21.8. The Bertz CT molecular complexity index is 1520. The predicted octanol–water partition coefficient (Wildman–Crippen LogP) is -0.508. The maximum absolute atomic E-state index is 12.1. The molecule has 1 saturated carbocycles. The third-order valence-corrected chi connectivity index (χ3v) is 15.3. The van der Waals surface area contributed by atoms with Crippen molar-refractivity contribution < 1.29 is 89.0 Å². The standard InChI is InChI=1S/C43H72O18/c1-10-41(7,61-37-31(50)28(47)23(44)17-54-37)14-15-42(8)19(3)16-25(43(9)18(2)12-11-13-24(42)43)58-40-36(60-39-33(52)30(49)27(46)21(5)56-39)34(53)35(22(6)57-40)59-38-32(51)29(48)26(45)20(4)55-38/h10,12,19-40,44-53H,1,11,13-17H2,2-9H3. The van der Waals surface area contributed by atoms with Gasteiger partial charge in [0.25, 0.3) is 0 Å². The molecule has 25 atom stereocenters. The summed E-state index contributed by atoms with van der Waals surface area (Å²) >= 11 is 0. The molecule has 4 aliphatic heterocycles. The molecule has 0 aromatic carbocycles. The van der Waals surface area contributed by atoms with Gasteiger partial charge in [-0.2, -0.15) is 0 Å². The van der Waals surface area contributed by atoms with Crippen LogP contribution >= 0.6 is 0 Å². The van der Waals surface area contributed by atoms with Crippen molar-refractivity contribution in [2.75, 3.05) is 6.61 Å². The Kier molecular flexibility index (Phi) is 15.3. The zero-order chi connectivity index (χ0) is 45.1. The third-order valence-electron chi connectivity index (χ3n) is 15.3. The number of aliphatic hydroxyl groups is 10. The summed E-state index contributed by atoms with van der Waals surface area (Å²) in [5.74, 6) is 0.0949. The van der Waals surface area contributed by atoms with Gasteiger partial charge >= 0.3 is 0 Å². The van der Waals surface area contributed by atoms with Crippen molar-refractivity contribution >= 4 is 0 Å². The zero-order valence-corrected chi connectivity index (χ0v) is 36.5. The molecule has 352 valence electrons. The number of ether oxygens (including phenoxy) is 8. The fourth-order valence-electron chi connectivity index (χ4n) is 10.6. The molecule has 18 nitrogen and oxygen atoms in total. The monoisotopic (exact) mass is 876 g/mol. The van der Waals surface area contributed by atoms with Crippen LogP contribution in [0.5, 0.6) is 0 Å². The van der Waals surface area contributed by atoms with E-state index in [0.717, 1.165) is 18.4 Å². The second-order valence-electron chi connectivity index (χ2n) is 19.2. The molecule has 0 amide bonds. The molecule has 0 aromatic rings. The first kappa shape index (κ1) is 49.2. The Labute approximate surface area is 358 Å². The van der Waals surface area contributed by atoms with E-state index in [-0.39, 0.29) is 23.9 Å². The van der Waals surface area contributed by atoms with Crippen molar-refractivity contribution in [3.05, 3.63) is 24.3 Å². The quantitative estimate of drug-likeness (QED) is 0.111. The molecule has 25 unspecified atom stereocenters. The summed E-state index contributed by atoms with van der Waals surface area (Å²) < 4.78 is 49.2. The van der Waals surface area contributed by atoms with Crippen LogP contribution in [-0.2, 0) is 37.9 Å². The van der Waals surface area contributed by atoms with Crippen molar-refractivity contribution in [3.63, 3.8) is 0 Å². The van der Waals surface area contributed by atoms with E-state index in [1.54, 1.807) is 13.0 Å². The van der Waals surface area contributed by atoms with Gasteiger partial charge in [-0.3, -0.25) is 0 Å². The summed E-state index contributed by atoms with van der Waals surface area (Å²) in [6.45, 7) is 19.0. The molecule has 4 heterocycles. The summed E-state index contributed by atoms with van der Waals surface area (Å²) in [5, 5.41) is 107. The highest BCUT2D eigenvalue weighted by Gasteiger charge is 2.61. The Hall–Kier alpha value is -1.24. The van der Waals surface area contributed by atoms with Crippen molar-refractivity contribution in [2.24, 2.45) is 22.7 Å². The minimum Gasteiger partial charge on any atom is -0.388 e. The molecule has 2 aliphatic carbocycles. The number of rotatable bonds is 12. The SMILES string of the molecule is C=CC(C)(CCC1(C)C(C)CC(OC2OC(C)C(OC3OC(C)C(O)C(O)C3O)C(O)C2OC2OC(C)C(O)C(O)C2O)C2(C)C(C)=CCCC12)OC1OCC(O)C(O)C1O. The maximum Gasteiger partial charge on any atom is 0.187 e. The molecule has 5 fully saturated rings. The molecule has 0 radical (unpaired) electrons. The number of hydrogen-bond donors (Lipinski definition) is 10. The third kappa shape index (κ3) is 9.29. The molecule has 4 saturated heterocycles. The first-order chi connectivity index (χ1) is 28.5. The lowest BCUT2D eigenvalue weighted by Crippen LogP contribution is -2.66. The van der Waals surface area contributed by atoms with Gasteiger partial charge in [0, 0.05) is 5.41 Å². The van der Waals surface area contributed by atoms with E-state index in [0.29, 0.717) is 19.3 Å². The highest BCUT2D eigenvalue weighted by molar-refractivity contribution is 5.24. The summed E-state index contributed by atoms with van der Waals surface area (Å²) in [6, 6.07) is 0. The Morgan fingerprint density at radius 3 is 1.82 bits per heavy atom. The van der Waals surface area contributed by atoms with Crippen LogP contribution in [0.4, 0.5) is 0 Å². The molecule has 0 aromatic heterocycles. The smallest absolute Gasteiger partial charge is 0.187 e. The van der Waals surface area contributed by atoms with E-state index >= 15 is 0 Å². The van der Waals surface area contributed by atoms with Crippen LogP contribution < -0.4 is 0 Å². The Morgan fingerprint density at radius 2 is 1.25 bits per heavy atom. The van der Waals surface area contributed by atoms with E-state index < -0.39 is 134 Å². The average Bonchev–Trinajstić information content (AvgIpc) is 3.22. The second-order valence-corrected chi connectivity index (χ2v) is 19.2. The zero-order valence-electron chi connectivity index (χ0n) is 36.5. The molecule has 18 heteroatoms. The van der Waals surface area contributed by atoms with Crippen molar-refractivity contribution in [3.8, 4) is 0 Å². The summed E-state index contributed by atoms with van der Waals surface area (Å²) in [4.78, 5) is 0. The lowest BCUT2D eigenvalue weighted by atomic mass is 9.45. The molecule has 10 N–H and O–H groups in total. The van der Waals surface area contributed by atoms with Gasteiger partial charge in [0.15, 0.2) is 25.2 Å². The minimum atomic E-state index is -1.73. The van der Waals surface area contributed by atoms with E-state index in [2.05, 4.69) is 40.3 Å². The van der Waals surface area contributed by atoms with Gasteiger partial charge in [0.05, 0.1) is 36.6 Å². The lowest BCUT2D eigenvalue weighted by molar-refractivity contribution is -0.390. The molecule has 6 aliphatic rings. The van der Waals surface area contributed by atoms with Crippen LogP contribution in [0.2, 0.25) is 0 Å². The van der Waals surface area contributed by atoms with Crippen LogP contribution in [0.3, 0.4) is 0 Å². The summed E-state index contributed by atoms with van der Waals surface area (Å²) in [6.07, 6.45) is -19.4. The second kappa shape index (κ2) is 18.9. The van der Waals surface area contributed by atoms with Crippen LogP contribution in [-0.4, -0.2) is 186 Å². The minimum absolute atomic E-state index is 0.0418. The number of allylic oxidation sites excluding steroid dienone is 1.